The van der Waals surface area contributed by atoms with Crippen molar-refractivity contribution in [3.8, 4) is 0 Å². The number of piperidine rings is 1. The highest BCUT2D eigenvalue weighted by atomic mass is 32.2. The molecule has 5 rings (SSSR count). The zero-order valence-electron chi connectivity index (χ0n) is 18.5. The van der Waals surface area contributed by atoms with Crippen LogP contribution in [-0.2, 0) is 27.7 Å². The number of hydrogen-bond donors (Lipinski definition) is 0. The topological polar surface area (TPSA) is 60.9 Å². The summed E-state index contributed by atoms with van der Waals surface area (Å²) < 4.78 is 28.0. The number of hydrogen-bond acceptors (Lipinski definition) is 4. The Morgan fingerprint density at radius 1 is 0.871 bits per heavy atom. The second-order valence-corrected chi connectivity index (χ2v) is 11.7. The quantitative estimate of drug-likeness (QED) is 0.699. The van der Waals surface area contributed by atoms with Crippen LogP contribution in [0.5, 0.6) is 0 Å². The van der Waals surface area contributed by atoms with Crippen LogP contribution in [0.1, 0.15) is 56.1 Å². The van der Waals surface area contributed by atoms with Crippen LogP contribution >= 0.6 is 0 Å². The van der Waals surface area contributed by atoms with Crippen LogP contribution in [0.25, 0.3) is 0 Å². The van der Waals surface area contributed by atoms with Crippen molar-refractivity contribution in [3.63, 3.8) is 0 Å². The molecule has 0 spiro atoms. The Balaban J connectivity index is 1.20. The van der Waals surface area contributed by atoms with E-state index in [1.165, 1.54) is 24.0 Å². The first-order chi connectivity index (χ1) is 15.0. The molecular weight excluding hydrogens is 410 g/mol. The molecule has 4 aliphatic rings. The molecule has 1 atom stereocenters. The summed E-state index contributed by atoms with van der Waals surface area (Å²) in [6.45, 7) is 5.10. The molecule has 0 radical (unpaired) electrons. The van der Waals surface area contributed by atoms with E-state index in [2.05, 4.69) is 9.80 Å². The summed E-state index contributed by atoms with van der Waals surface area (Å²) in [5, 5.41) is 0. The largest absolute Gasteiger partial charge is 0.338 e. The number of fused-ring (bicyclic) bond motifs is 1. The Morgan fingerprint density at radius 2 is 1.61 bits per heavy atom. The Bertz CT molecular complexity index is 918. The number of likely N-dealkylation sites (tertiary alicyclic amines) is 2. The van der Waals surface area contributed by atoms with E-state index in [-0.39, 0.29) is 11.8 Å². The predicted octanol–water partition coefficient (Wildman–Crippen LogP) is 2.66. The first-order valence-corrected chi connectivity index (χ1v) is 13.6. The maximum absolute atomic E-state index is 13.3. The number of nitrogens with zero attached hydrogens (tertiary/aromatic N) is 3. The maximum Gasteiger partial charge on any atom is 0.243 e. The van der Waals surface area contributed by atoms with Gasteiger partial charge in [-0.3, -0.25) is 4.79 Å². The zero-order valence-corrected chi connectivity index (χ0v) is 19.3. The van der Waals surface area contributed by atoms with Crippen LogP contribution in [0.2, 0.25) is 0 Å². The molecule has 6 nitrogen and oxygen atoms in total. The summed E-state index contributed by atoms with van der Waals surface area (Å²) >= 11 is 0. The molecule has 1 aromatic carbocycles. The molecule has 1 unspecified atom stereocenters. The first kappa shape index (κ1) is 21.4. The SMILES string of the molecule is O=C(C1CCN(S(=O)(=O)c2ccc3c(c2)CCC3)CC1)N1CCCC1CN1CCCC1. The number of amides is 1. The number of carbonyl (C=O) groups is 1. The number of carbonyl (C=O) groups excluding carboxylic acids is 1. The highest BCUT2D eigenvalue weighted by molar-refractivity contribution is 7.89. The van der Waals surface area contributed by atoms with E-state index >= 15 is 0 Å². The average Bonchev–Trinajstić information content (AvgIpc) is 3.55. The van der Waals surface area contributed by atoms with E-state index in [1.54, 1.807) is 10.4 Å². The minimum Gasteiger partial charge on any atom is -0.338 e. The van der Waals surface area contributed by atoms with Crippen molar-refractivity contribution in [2.75, 3.05) is 39.3 Å². The van der Waals surface area contributed by atoms with E-state index in [0.717, 1.165) is 58.3 Å². The van der Waals surface area contributed by atoms with Crippen molar-refractivity contribution >= 4 is 15.9 Å². The summed E-state index contributed by atoms with van der Waals surface area (Å²) in [5.74, 6) is 0.224. The summed E-state index contributed by atoms with van der Waals surface area (Å²) in [4.78, 5) is 18.3. The standard InChI is InChI=1S/C24H35N3O3S/c28-24(27-14-4-7-22(27)18-25-12-1-2-13-25)20-10-15-26(16-11-20)31(29,30)23-9-8-19-5-3-6-21(19)17-23/h8-9,17,20,22H,1-7,10-16,18H2. The van der Waals surface area contributed by atoms with Crippen LogP contribution < -0.4 is 0 Å². The van der Waals surface area contributed by atoms with Gasteiger partial charge in [0, 0.05) is 38.1 Å². The highest BCUT2D eigenvalue weighted by Gasteiger charge is 2.38. The molecule has 1 amide bonds. The van der Waals surface area contributed by atoms with E-state index < -0.39 is 10.0 Å². The lowest BCUT2D eigenvalue weighted by atomic mass is 9.96. The average molecular weight is 446 g/mol. The van der Waals surface area contributed by atoms with E-state index in [0.29, 0.717) is 36.9 Å². The fourth-order valence-corrected chi connectivity index (χ4v) is 7.54. The molecule has 1 aliphatic carbocycles. The molecule has 0 N–H and O–H groups in total. The van der Waals surface area contributed by atoms with Crippen LogP contribution in [-0.4, -0.2) is 73.7 Å². The van der Waals surface area contributed by atoms with Gasteiger partial charge in [-0.25, -0.2) is 8.42 Å². The van der Waals surface area contributed by atoms with Crippen molar-refractivity contribution < 1.29 is 13.2 Å². The summed E-state index contributed by atoms with van der Waals surface area (Å²) in [6.07, 6.45) is 9.16. The van der Waals surface area contributed by atoms with Crippen molar-refractivity contribution in [2.24, 2.45) is 5.92 Å². The van der Waals surface area contributed by atoms with Crippen molar-refractivity contribution in [3.05, 3.63) is 29.3 Å². The Kier molecular flexibility index (Phi) is 6.10. The number of sulfonamides is 1. The summed E-state index contributed by atoms with van der Waals surface area (Å²) in [7, 11) is -3.48. The minimum atomic E-state index is -3.48. The fraction of sp³-hybridized carbons (Fsp3) is 0.708. The van der Waals surface area contributed by atoms with Gasteiger partial charge >= 0.3 is 0 Å². The third kappa shape index (κ3) is 4.29. The van der Waals surface area contributed by atoms with Gasteiger partial charge in [0.2, 0.25) is 15.9 Å². The molecule has 3 heterocycles. The molecule has 0 bridgehead atoms. The second kappa shape index (κ2) is 8.83. The third-order valence-corrected chi connectivity index (χ3v) is 9.73. The molecule has 7 heteroatoms. The van der Waals surface area contributed by atoms with Gasteiger partial charge in [-0.1, -0.05) is 6.07 Å². The molecule has 3 saturated heterocycles. The van der Waals surface area contributed by atoms with Gasteiger partial charge in [-0.2, -0.15) is 4.31 Å². The first-order valence-electron chi connectivity index (χ1n) is 12.2. The van der Waals surface area contributed by atoms with Crippen molar-refractivity contribution in [1.29, 1.82) is 0 Å². The maximum atomic E-state index is 13.3. The van der Waals surface area contributed by atoms with Crippen LogP contribution in [0.3, 0.4) is 0 Å². The molecule has 1 aromatic rings. The fourth-order valence-electron chi connectivity index (χ4n) is 6.01. The minimum absolute atomic E-state index is 0.0364. The Morgan fingerprint density at radius 3 is 2.39 bits per heavy atom. The molecule has 3 fully saturated rings. The van der Waals surface area contributed by atoms with Gasteiger partial charge in [0.25, 0.3) is 0 Å². The molecule has 170 valence electrons. The van der Waals surface area contributed by atoms with E-state index in [4.69, 9.17) is 0 Å². The van der Waals surface area contributed by atoms with E-state index in [9.17, 15) is 13.2 Å². The molecule has 0 aromatic heterocycles. The number of aryl methyl sites for hydroxylation is 2. The molecule has 31 heavy (non-hydrogen) atoms. The van der Waals surface area contributed by atoms with Crippen molar-refractivity contribution in [2.45, 2.75) is 68.7 Å². The smallest absolute Gasteiger partial charge is 0.243 e. The number of rotatable bonds is 5. The monoisotopic (exact) mass is 445 g/mol. The predicted molar refractivity (Wildman–Crippen MR) is 120 cm³/mol. The Labute approximate surface area is 186 Å². The second-order valence-electron chi connectivity index (χ2n) is 9.80. The van der Waals surface area contributed by atoms with Crippen LogP contribution in [0.15, 0.2) is 23.1 Å². The third-order valence-electron chi connectivity index (χ3n) is 7.84. The lowest BCUT2D eigenvalue weighted by Crippen LogP contribution is -2.48. The van der Waals surface area contributed by atoms with Gasteiger partial charge in [-0.15, -0.1) is 0 Å². The molecular formula is C24H35N3O3S. The highest BCUT2D eigenvalue weighted by Crippen LogP contribution is 2.30. The lowest BCUT2D eigenvalue weighted by molar-refractivity contribution is -0.137. The summed E-state index contributed by atoms with van der Waals surface area (Å²) in [5.41, 5.74) is 2.47. The van der Waals surface area contributed by atoms with Gasteiger partial charge in [0.15, 0.2) is 0 Å². The summed E-state index contributed by atoms with van der Waals surface area (Å²) in [6, 6.07) is 5.98. The van der Waals surface area contributed by atoms with Gasteiger partial charge in [-0.05, 0) is 94.1 Å². The van der Waals surface area contributed by atoms with Crippen LogP contribution in [0.4, 0.5) is 0 Å². The lowest BCUT2D eigenvalue weighted by Gasteiger charge is -2.35. The van der Waals surface area contributed by atoms with Gasteiger partial charge < -0.3 is 9.80 Å². The van der Waals surface area contributed by atoms with Gasteiger partial charge in [0.05, 0.1) is 4.90 Å². The molecule has 0 saturated carbocycles. The number of benzene rings is 1. The molecule has 3 aliphatic heterocycles. The van der Waals surface area contributed by atoms with E-state index in [1.807, 2.05) is 12.1 Å². The Hall–Kier alpha value is -1.44. The van der Waals surface area contributed by atoms with Gasteiger partial charge in [0.1, 0.15) is 0 Å². The zero-order chi connectivity index (χ0) is 21.4. The van der Waals surface area contributed by atoms with Crippen LogP contribution in [0, 0.1) is 5.92 Å². The normalized spacial score (nSPS) is 25.9. The van der Waals surface area contributed by atoms with Crippen molar-refractivity contribution in [1.82, 2.24) is 14.1 Å².